The Labute approximate surface area is 80.6 Å². The first-order valence-corrected chi connectivity index (χ1v) is 4.84. The largest absolute Gasteiger partial charge is 0.277 e. The number of hydrogen-bond acceptors (Lipinski definition) is 4. The molecular formula is C8H10N2O2S. The van der Waals surface area contributed by atoms with Crippen LogP contribution in [-0.4, -0.2) is 24.3 Å². The number of thioether (sulfide) groups is 1. The molecular weight excluding hydrogens is 188 g/mol. The minimum absolute atomic E-state index is 0.278. The van der Waals surface area contributed by atoms with Crippen LogP contribution in [0.5, 0.6) is 0 Å². The molecule has 0 aliphatic carbocycles. The molecule has 1 rings (SSSR count). The van der Waals surface area contributed by atoms with Gasteiger partial charge in [-0.3, -0.25) is 9.63 Å². The monoisotopic (exact) mass is 198 g/mol. The number of hydrogen-bond donors (Lipinski definition) is 1. The number of carbonyl (C=O) groups excluding carboxylic acids is 1. The molecule has 1 N–H and O–H groups in total. The Hall–Kier alpha value is -1.07. The van der Waals surface area contributed by atoms with Gasteiger partial charge in [0.25, 0.3) is 5.91 Å². The summed E-state index contributed by atoms with van der Waals surface area (Å²) in [5.74, 6) is -0.278. The fraction of sp³-hybridized carbons (Fsp3) is 0.250. The zero-order valence-electron chi connectivity index (χ0n) is 7.40. The first-order valence-electron chi connectivity index (χ1n) is 3.62. The SMILES string of the molecule is CONC(=O)c1cccnc1SC. The minimum atomic E-state index is -0.278. The first kappa shape index (κ1) is 10.0. The minimum Gasteiger partial charge on any atom is -0.277 e. The normalized spacial score (nSPS) is 9.69. The van der Waals surface area contributed by atoms with E-state index in [0.717, 1.165) is 0 Å². The Bertz CT molecular complexity index is 304. The lowest BCUT2D eigenvalue weighted by Crippen LogP contribution is -2.22. The van der Waals surface area contributed by atoms with Crippen molar-refractivity contribution in [2.45, 2.75) is 5.03 Å². The maximum Gasteiger partial charge on any atom is 0.277 e. The van der Waals surface area contributed by atoms with Crippen LogP contribution in [0.4, 0.5) is 0 Å². The molecule has 5 heteroatoms. The van der Waals surface area contributed by atoms with E-state index in [0.29, 0.717) is 10.6 Å². The maximum atomic E-state index is 11.3. The van der Waals surface area contributed by atoms with Crippen molar-refractivity contribution in [3.05, 3.63) is 23.9 Å². The number of rotatable bonds is 3. The highest BCUT2D eigenvalue weighted by Crippen LogP contribution is 2.16. The predicted molar refractivity (Wildman–Crippen MR) is 50.5 cm³/mol. The summed E-state index contributed by atoms with van der Waals surface area (Å²) in [6.07, 6.45) is 3.52. The molecule has 0 spiro atoms. The molecule has 0 saturated heterocycles. The third-order valence-corrected chi connectivity index (χ3v) is 2.12. The molecule has 0 unspecified atom stereocenters. The maximum absolute atomic E-state index is 11.3. The van der Waals surface area contributed by atoms with E-state index in [2.05, 4.69) is 15.3 Å². The fourth-order valence-electron chi connectivity index (χ4n) is 0.874. The van der Waals surface area contributed by atoms with Gasteiger partial charge < -0.3 is 0 Å². The number of hydroxylamine groups is 1. The molecule has 1 aromatic rings. The quantitative estimate of drug-likeness (QED) is 0.583. The van der Waals surface area contributed by atoms with Crippen molar-refractivity contribution in [2.24, 2.45) is 0 Å². The van der Waals surface area contributed by atoms with Gasteiger partial charge in [0.2, 0.25) is 0 Å². The molecule has 1 aromatic heterocycles. The van der Waals surface area contributed by atoms with Crippen molar-refractivity contribution in [1.82, 2.24) is 10.5 Å². The van der Waals surface area contributed by atoms with Gasteiger partial charge in [0.1, 0.15) is 5.03 Å². The van der Waals surface area contributed by atoms with Crippen LogP contribution in [0.1, 0.15) is 10.4 Å². The number of nitrogens with one attached hydrogen (secondary N) is 1. The highest BCUT2D eigenvalue weighted by Gasteiger charge is 2.10. The highest BCUT2D eigenvalue weighted by atomic mass is 32.2. The summed E-state index contributed by atoms with van der Waals surface area (Å²) >= 11 is 1.42. The molecule has 0 atom stereocenters. The van der Waals surface area contributed by atoms with Gasteiger partial charge >= 0.3 is 0 Å². The molecule has 1 amide bonds. The van der Waals surface area contributed by atoms with Crippen LogP contribution in [0.25, 0.3) is 0 Å². The van der Waals surface area contributed by atoms with Crippen LogP contribution in [0.3, 0.4) is 0 Å². The Morgan fingerprint density at radius 2 is 2.46 bits per heavy atom. The van der Waals surface area contributed by atoms with E-state index in [9.17, 15) is 4.79 Å². The van der Waals surface area contributed by atoms with E-state index < -0.39 is 0 Å². The third kappa shape index (κ3) is 2.43. The number of carbonyl (C=O) groups is 1. The second-order valence-electron chi connectivity index (χ2n) is 2.20. The van der Waals surface area contributed by atoms with Gasteiger partial charge in [-0.25, -0.2) is 10.5 Å². The van der Waals surface area contributed by atoms with E-state index in [-0.39, 0.29) is 5.91 Å². The number of pyridine rings is 1. The van der Waals surface area contributed by atoms with Gasteiger partial charge in [-0.05, 0) is 18.4 Å². The smallest absolute Gasteiger partial charge is 0.277 e. The predicted octanol–water partition coefficient (Wildman–Crippen LogP) is 1.09. The lowest BCUT2D eigenvalue weighted by atomic mass is 10.3. The van der Waals surface area contributed by atoms with Gasteiger partial charge in [0.15, 0.2) is 0 Å². The second-order valence-corrected chi connectivity index (χ2v) is 2.99. The zero-order valence-corrected chi connectivity index (χ0v) is 8.22. The second kappa shape index (κ2) is 4.84. The summed E-state index contributed by atoms with van der Waals surface area (Å²) in [4.78, 5) is 19.9. The molecule has 0 aliphatic rings. The van der Waals surface area contributed by atoms with Gasteiger partial charge in [-0.1, -0.05) is 0 Å². The fourth-order valence-corrected chi connectivity index (χ4v) is 1.42. The van der Waals surface area contributed by atoms with Crippen LogP contribution in [-0.2, 0) is 4.84 Å². The molecule has 0 aliphatic heterocycles. The molecule has 13 heavy (non-hydrogen) atoms. The highest BCUT2D eigenvalue weighted by molar-refractivity contribution is 7.98. The van der Waals surface area contributed by atoms with Crippen molar-refractivity contribution in [1.29, 1.82) is 0 Å². The lowest BCUT2D eigenvalue weighted by molar-refractivity contribution is 0.0534. The molecule has 0 saturated carbocycles. The van der Waals surface area contributed by atoms with Gasteiger partial charge in [0, 0.05) is 6.20 Å². The summed E-state index contributed by atoms with van der Waals surface area (Å²) in [6.45, 7) is 0. The van der Waals surface area contributed by atoms with Gasteiger partial charge in [0.05, 0.1) is 12.7 Å². The molecule has 70 valence electrons. The first-order chi connectivity index (χ1) is 6.29. The Kier molecular flexibility index (Phi) is 3.72. The van der Waals surface area contributed by atoms with E-state index in [1.165, 1.54) is 18.9 Å². The van der Waals surface area contributed by atoms with Crippen LogP contribution in [0.2, 0.25) is 0 Å². The number of nitrogens with zero attached hydrogens (tertiary/aromatic N) is 1. The van der Waals surface area contributed by atoms with E-state index in [1.807, 2.05) is 6.26 Å². The summed E-state index contributed by atoms with van der Waals surface area (Å²) in [6, 6.07) is 3.41. The topological polar surface area (TPSA) is 51.2 Å². The van der Waals surface area contributed by atoms with Crippen molar-refractivity contribution in [3.8, 4) is 0 Å². The molecule has 1 heterocycles. The van der Waals surface area contributed by atoms with Gasteiger partial charge in [-0.15, -0.1) is 11.8 Å². The van der Waals surface area contributed by atoms with Crippen molar-refractivity contribution in [2.75, 3.05) is 13.4 Å². The Morgan fingerprint density at radius 1 is 1.69 bits per heavy atom. The van der Waals surface area contributed by atoms with Crippen LogP contribution >= 0.6 is 11.8 Å². The zero-order chi connectivity index (χ0) is 9.68. The molecule has 0 fully saturated rings. The summed E-state index contributed by atoms with van der Waals surface area (Å²) in [5.41, 5.74) is 2.77. The molecule has 0 bridgehead atoms. The summed E-state index contributed by atoms with van der Waals surface area (Å²) in [7, 11) is 1.40. The van der Waals surface area contributed by atoms with Crippen molar-refractivity contribution < 1.29 is 9.63 Å². The third-order valence-electron chi connectivity index (χ3n) is 1.40. The summed E-state index contributed by atoms with van der Waals surface area (Å²) in [5, 5.41) is 0.692. The lowest BCUT2D eigenvalue weighted by Gasteiger charge is -2.04. The van der Waals surface area contributed by atoms with Crippen LogP contribution < -0.4 is 5.48 Å². The molecule has 0 aromatic carbocycles. The summed E-state index contributed by atoms with van der Waals surface area (Å²) < 4.78 is 0. The average Bonchev–Trinajstić information content (AvgIpc) is 2.18. The van der Waals surface area contributed by atoms with Crippen molar-refractivity contribution >= 4 is 17.7 Å². The molecule has 0 radical (unpaired) electrons. The number of amides is 1. The molecule has 4 nitrogen and oxygen atoms in total. The Balaban J connectivity index is 2.92. The van der Waals surface area contributed by atoms with Crippen molar-refractivity contribution in [3.63, 3.8) is 0 Å². The van der Waals surface area contributed by atoms with Gasteiger partial charge in [-0.2, -0.15) is 0 Å². The Morgan fingerprint density at radius 3 is 3.08 bits per heavy atom. The average molecular weight is 198 g/mol. The van der Waals surface area contributed by atoms with E-state index in [1.54, 1.807) is 18.3 Å². The van der Waals surface area contributed by atoms with Crippen LogP contribution in [0.15, 0.2) is 23.4 Å². The number of aromatic nitrogens is 1. The van der Waals surface area contributed by atoms with E-state index in [4.69, 9.17) is 0 Å². The van der Waals surface area contributed by atoms with Crippen LogP contribution in [0, 0.1) is 0 Å². The van der Waals surface area contributed by atoms with E-state index >= 15 is 0 Å². The standard InChI is InChI=1S/C8H10N2O2S/c1-12-10-7(11)6-4-3-5-9-8(6)13-2/h3-5H,1-2H3,(H,10,11).